The van der Waals surface area contributed by atoms with Gasteiger partial charge in [0.25, 0.3) is 0 Å². The van der Waals surface area contributed by atoms with Gasteiger partial charge in [-0.05, 0) is 37.1 Å². The van der Waals surface area contributed by atoms with Crippen molar-refractivity contribution in [3.63, 3.8) is 0 Å². The highest BCUT2D eigenvalue weighted by Gasteiger charge is 2.15. The lowest BCUT2D eigenvalue weighted by Gasteiger charge is -2.07. The number of rotatable bonds is 6. The van der Waals surface area contributed by atoms with Gasteiger partial charge in [0.1, 0.15) is 23.1 Å². The Morgan fingerprint density at radius 2 is 1.85 bits per heavy atom. The second-order valence-corrected chi connectivity index (χ2v) is 4.89. The molecule has 1 heterocycles. The van der Waals surface area contributed by atoms with E-state index in [2.05, 4.69) is 18.4 Å². The summed E-state index contributed by atoms with van der Waals surface area (Å²) in [6, 6.07) is 7.88. The summed E-state index contributed by atoms with van der Waals surface area (Å²) in [5.41, 5.74) is 8.21. The lowest BCUT2D eigenvalue weighted by atomic mass is 10.1. The quantitative estimate of drug-likeness (QED) is 0.876. The zero-order valence-corrected chi connectivity index (χ0v) is 12.5. The summed E-state index contributed by atoms with van der Waals surface area (Å²) < 4.78 is 7.33. The van der Waals surface area contributed by atoms with Crippen LogP contribution >= 0.6 is 0 Å². The van der Waals surface area contributed by atoms with Gasteiger partial charge < -0.3 is 15.0 Å². The molecule has 0 aliphatic carbocycles. The lowest BCUT2D eigenvalue weighted by molar-refractivity contribution is 0.415. The maximum atomic E-state index is 6.29. The maximum absolute atomic E-state index is 6.29. The smallest absolute Gasteiger partial charge is 0.131 e. The normalized spacial score (nSPS) is 10.8. The van der Waals surface area contributed by atoms with Gasteiger partial charge in [0.15, 0.2) is 0 Å². The van der Waals surface area contributed by atoms with E-state index in [9.17, 15) is 0 Å². The van der Waals surface area contributed by atoms with Crippen molar-refractivity contribution in [1.82, 2.24) is 9.55 Å². The van der Waals surface area contributed by atoms with Gasteiger partial charge in [0.2, 0.25) is 0 Å². The summed E-state index contributed by atoms with van der Waals surface area (Å²) in [7, 11) is 1.67. The number of methoxy groups -OCH3 is 1. The number of anilines is 1. The second kappa shape index (κ2) is 6.46. The highest BCUT2D eigenvalue weighted by atomic mass is 16.5. The molecule has 0 aliphatic heterocycles. The van der Waals surface area contributed by atoms with Crippen molar-refractivity contribution in [3.05, 3.63) is 30.1 Å². The molecule has 0 amide bonds. The van der Waals surface area contributed by atoms with Crippen LogP contribution in [0, 0.1) is 0 Å². The molecule has 0 bridgehead atoms. The molecule has 0 saturated heterocycles. The van der Waals surface area contributed by atoms with Crippen molar-refractivity contribution < 1.29 is 4.74 Å². The van der Waals surface area contributed by atoms with E-state index in [1.54, 1.807) is 7.11 Å². The molecule has 20 heavy (non-hydrogen) atoms. The fourth-order valence-electron chi connectivity index (χ4n) is 2.36. The Bertz CT molecular complexity index is 558. The van der Waals surface area contributed by atoms with Crippen molar-refractivity contribution in [2.24, 2.45) is 0 Å². The van der Waals surface area contributed by atoms with E-state index in [1.165, 1.54) is 0 Å². The van der Waals surface area contributed by atoms with Crippen molar-refractivity contribution in [1.29, 1.82) is 0 Å². The predicted molar refractivity (Wildman–Crippen MR) is 82.9 cm³/mol. The number of nitrogens with zero attached hydrogens (tertiary/aromatic N) is 2. The van der Waals surface area contributed by atoms with Gasteiger partial charge in [-0.1, -0.05) is 13.8 Å². The Morgan fingerprint density at radius 1 is 1.15 bits per heavy atom. The number of hydrogen-bond donors (Lipinski definition) is 1. The number of ether oxygens (including phenoxy) is 1. The van der Waals surface area contributed by atoms with E-state index < -0.39 is 0 Å². The first-order valence-corrected chi connectivity index (χ1v) is 7.20. The third-order valence-corrected chi connectivity index (χ3v) is 3.37. The molecule has 2 rings (SSSR count). The molecule has 4 heteroatoms. The van der Waals surface area contributed by atoms with Gasteiger partial charge >= 0.3 is 0 Å². The standard InChI is InChI=1S/C16H23N3O/c1-4-6-14-18-15(16(17)19(14)11-5-2)12-7-9-13(20-3)10-8-12/h7-10H,4-6,11,17H2,1-3H3. The van der Waals surface area contributed by atoms with Gasteiger partial charge in [0, 0.05) is 18.5 Å². The molecule has 4 nitrogen and oxygen atoms in total. The van der Waals surface area contributed by atoms with E-state index >= 15 is 0 Å². The minimum absolute atomic E-state index is 0.764. The Labute approximate surface area is 120 Å². The SMILES string of the molecule is CCCc1nc(-c2ccc(OC)cc2)c(N)n1CCC. The van der Waals surface area contributed by atoms with Crippen LogP contribution in [0.4, 0.5) is 5.82 Å². The number of aryl methyl sites for hydroxylation is 1. The van der Waals surface area contributed by atoms with E-state index in [1.807, 2.05) is 24.3 Å². The van der Waals surface area contributed by atoms with E-state index in [0.717, 1.165) is 54.5 Å². The van der Waals surface area contributed by atoms with E-state index in [-0.39, 0.29) is 0 Å². The molecule has 0 radical (unpaired) electrons. The molecule has 0 spiro atoms. The van der Waals surface area contributed by atoms with E-state index in [4.69, 9.17) is 15.5 Å². The first-order chi connectivity index (χ1) is 9.71. The highest BCUT2D eigenvalue weighted by Crippen LogP contribution is 2.28. The summed E-state index contributed by atoms with van der Waals surface area (Å²) >= 11 is 0. The Kier molecular flexibility index (Phi) is 4.66. The number of nitrogens with two attached hydrogens (primary N) is 1. The largest absolute Gasteiger partial charge is 0.497 e. The average Bonchev–Trinajstić information content (AvgIpc) is 2.77. The van der Waals surface area contributed by atoms with Crippen molar-refractivity contribution in [3.8, 4) is 17.0 Å². The maximum Gasteiger partial charge on any atom is 0.131 e. The molecule has 1 aromatic heterocycles. The van der Waals surface area contributed by atoms with Gasteiger partial charge in [-0.2, -0.15) is 0 Å². The fraction of sp³-hybridized carbons (Fsp3) is 0.438. The first kappa shape index (κ1) is 14.4. The number of nitrogen functional groups attached to an aromatic ring is 1. The Hall–Kier alpha value is -1.97. The monoisotopic (exact) mass is 273 g/mol. The van der Waals surface area contributed by atoms with Crippen LogP contribution in [-0.2, 0) is 13.0 Å². The summed E-state index contributed by atoms with van der Waals surface area (Å²) in [4.78, 5) is 4.74. The van der Waals surface area contributed by atoms with Gasteiger partial charge in [-0.15, -0.1) is 0 Å². The van der Waals surface area contributed by atoms with Crippen molar-refractivity contribution in [2.45, 2.75) is 39.7 Å². The summed E-state index contributed by atoms with van der Waals surface area (Å²) in [6.07, 6.45) is 3.09. The van der Waals surface area contributed by atoms with Crippen LogP contribution in [0.25, 0.3) is 11.3 Å². The zero-order valence-electron chi connectivity index (χ0n) is 12.5. The Morgan fingerprint density at radius 3 is 2.40 bits per heavy atom. The topological polar surface area (TPSA) is 53.1 Å². The molecule has 108 valence electrons. The van der Waals surface area contributed by atoms with Crippen LogP contribution in [0.15, 0.2) is 24.3 Å². The molecule has 0 atom stereocenters. The highest BCUT2D eigenvalue weighted by molar-refractivity contribution is 5.71. The van der Waals surface area contributed by atoms with Crippen LogP contribution < -0.4 is 10.5 Å². The molecular formula is C16H23N3O. The van der Waals surface area contributed by atoms with Crippen LogP contribution in [0.5, 0.6) is 5.75 Å². The number of benzene rings is 1. The molecular weight excluding hydrogens is 250 g/mol. The number of hydrogen-bond acceptors (Lipinski definition) is 3. The summed E-state index contributed by atoms with van der Waals surface area (Å²) in [5, 5.41) is 0. The number of imidazole rings is 1. The van der Waals surface area contributed by atoms with Gasteiger partial charge in [-0.25, -0.2) is 4.98 Å². The fourth-order valence-corrected chi connectivity index (χ4v) is 2.36. The van der Waals surface area contributed by atoms with Crippen LogP contribution in [-0.4, -0.2) is 16.7 Å². The average molecular weight is 273 g/mol. The molecule has 1 aromatic carbocycles. The molecule has 0 fully saturated rings. The van der Waals surface area contributed by atoms with Crippen molar-refractivity contribution in [2.75, 3.05) is 12.8 Å². The minimum Gasteiger partial charge on any atom is -0.497 e. The lowest BCUT2D eigenvalue weighted by Crippen LogP contribution is -2.06. The molecule has 0 aliphatic rings. The predicted octanol–water partition coefficient (Wildman–Crippen LogP) is 3.50. The first-order valence-electron chi connectivity index (χ1n) is 7.20. The number of aromatic nitrogens is 2. The Balaban J connectivity index is 2.41. The van der Waals surface area contributed by atoms with Gasteiger partial charge in [-0.3, -0.25) is 0 Å². The molecule has 2 aromatic rings. The van der Waals surface area contributed by atoms with Crippen LogP contribution in [0.2, 0.25) is 0 Å². The molecule has 0 unspecified atom stereocenters. The summed E-state index contributed by atoms with van der Waals surface area (Å²) in [6.45, 7) is 5.24. The molecule has 0 saturated carbocycles. The third-order valence-electron chi connectivity index (χ3n) is 3.37. The molecule has 2 N–H and O–H groups in total. The van der Waals surface area contributed by atoms with Crippen molar-refractivity contribution >= 4 is 5.82 Å². The zero-order chi connectivity index (χ0) is 14.5. The van der Waals surface area contributed by atoms with Crippen LogP contribution in [0.3, 0.4) is 0 Å². The van der Waals surface area contributed by atoms with Gasteiger partial charge in [0.05, 0.1) is 7.11 Å². The minimum atomic E-state index is 0.764. The van der Waals surface area contributed by atoms with Crippen LogP contribution in [0.1, 0.15) is 32.5 Å². The van der Waals surface area contributed by atoms with E-state index in [0.29, 0.717) is 0 Å². The summed E-state index contributed by atoms with van der Waals surface area (Å²) in [5.74, 6) is 2.69. The second-order valence-electron chi connectivity index (χ2n) is 4.89. The third kappa shape index (κ3) is 2.79.